The fraction of sp³-hybridized carbons (Fsp3) is 0.750. The normalized spacial score (nSPS) is 15.9. The molecule has 1 amide bonds. The average Bonchev–Trinajstić information content (AvgIpc) is 3.13. The predicted molar refractivity (Wildman–Crippen MR) is 120 cm³/mol. The smallest absolute Gasteiger partial charge is 0.220 e. The Kier molecular flexibility index (Phi) is 24.3. The molecule has 0 unspecified atom stereocenters. The van der Waals surface area contributed by atoms with E-state index < -0.39 is 0 Å². The molecule has 0 spiro atoms. The molecule has 0 bridgehead atoms. The van der Waals surface area contributed by atoms with Gasteiger partial charge in [-0.25, -0.2) is 0 Å². The quantitative estimate of drug-likeness (QED) is 0.326. The van der Waals surface area contributed by atoms with Crippen molar-refractivity contribution in [3.8, 4) is 0 Å². The Morgan fingerprint density at radius 2 is 1.86 bits per heavy atom. The van der Waals surface area contributed by atoms with Gasteiger partial charge >= 0.3 is 0 Å². The van der Waals surface area contributed by atoms with Crippen molar-refractivity contribution < 1.29 is 14.7 Å². The van der Waals surface area contributed by atoms with Gasteiger partial charge in [-0.2, -0.15) is 0 Å². The number of amides is 1. The molecule has 1 aliphatic rings. The van der Waals surface area contributed by atoms with Crippen LogP contribution >= 0.6 is 0 Å². The number of nitrogens with one attached hydrogen (secondary N) is 1. The van der Waals surface area contributed by atoms with E-state index in [1.165, 1.54) is 25.7 Å². The molecular weight excluding hydrogens is 350 g/mol. The van der Waals surface area contributed by atoms with Crippen molar-refractivity contribution in [2.45, 2.75) is 98.3 Å². The number of carbonyl (C=O) groups excluding carboxylic acids is 2. The molecule has 0 radical (unpaired) electrons. The lowest BCUT2D eigenvalue weighted by Gasteiger charge is -2.00. The highest BCUT2D eigenvalue weighted by Crippen LogP contribution is 2.22. The summed E-state index contributed by atoms with van der Waals surface area (Å²) in [6, 6.07) is 0. The summed E-state index contributed by atoms with van der Waals surface area (Å²) in [5.74, 6) is 0.740. The number of Topliss-reactive ketones (excluding diaryl/α,β-unsaturated/α-hetero) is 1. The number of allylic oxidation sites excluding steroid dienone is 4. The molecule has 1 aliphatic carbocycles. The van der Waals surface area contributed by atoms with Gasteiger partial charge in [-0.05, 0) is 45.4 Å². The van der Waals surface area contributed by atoms with Crippen molar-refractivity contribution in [1.29, 1.82) is 0 Å². The zero-order valence-corrected chi connectivity index (χ0v) is 18.8. The molecule has 1 fully saturated rings. The van der Waals surface area contributed by atoms with E-state index in [2.05, 4.69) is 24.4 Å². The van der Waals surface area contributed by atoms with Crippen molar-refractivity contribution in [2.75, 3.05) is 13.2 Å². The first-order valence-corrected chi connectivity index (χ1v) is 11.3. The van der Waals surface area contributed by atoms with Crippen molar-refractivity contribution in [1.82, 2.24) is 5.32 Å². The molecule has 1 saturated carbocycles. The van der Waals surface area contributed by atoms with E-state index in [-0.39, 0.29) is 18.4 Å². The number of aliphatic hydroxyl groups excluding tert-OH is 1. The second-order valence-electron chi connectivity index (χ2n) is 6.78. The molecule has 1 rings (SSSR count). The first kappa shape index (κ1) is 28.8. The van der Waals surface area contributed by atoms with Crippen LogP contribution in [0.4, 0.5) is 0 Å². The molecular formula is C24H45NO3. The van der Waals surface area contributed by atoms with Crippen LogP contribution in [0.15, 0.2) is 24.3 Å². The molecule has 0 aromatic rings. The third-order valence-electron chi connectivity index (χ3n) is 4.39. The number of aliphatic hydroxyl groups is 1. The van der Waals surface area contributed by atoms with Gasteiger partial charge in [0.15, 0.2) is 0 Å². The molecule has 0 aliphatic heterocycles. The van der Waals surface area contributed by atoms with Crippen LogP contribution < -0.4 is 5.32 Å². The van der Waals surface area contributed by atoms with E-state index in [1.807, 2.05) is 32.9 Å². The molecule has 1 atom stereocenters. The van der Waals surface area contributed by atoms with Crippen LogP contribution in [0.2, 0.25) is 0 Å². The fourth-order valence-electron chi connectivity index (χ4n) is 2.83. The van der Waals surface area contributed by atoms with Crippen molar-refractivity contribution in [3.05, 3.63) is 24.3 Å². The number of hydrogen-bond acceptors (Lipinski definition) is 3. The Balaban J connectivity index is 0. The van der Waals surface area contributed by atoms with E-state index in [0.717, 1.165) is 38.5 Å². The van der Waals surface area contributed by atoms with Gasteiger partial charge in [0.2, 0.25) is 5.91 Å². The summed E-state index contributed by atoms with van der Waals surface area (Å²) in [4.78, 5) is 22.2. The topological polar surface area (TPSA) is 66.4 Å². The van der Waals surface area contributed by atoms with Crippen molar-refractivity contribution in [2.24, 2.45) is 5.92 Å². The van der Waals surface area contributed by atoms with Crippen LogP contribution in [0.1, 0.15) is 98.3 Å². The summed E-state index contributed by atoms with van der Waals surface area (Å²) in [5.41, 5.74) is 0. The monoisotopic (exact) mass is 395 g/mol. The molecule has 4 heteroatoms. The van der Waals surface area contributed by atoms with E-state index in [4.69, 9.17) is 5.11 Å². The van der Waals surface area contributed by atoms with Crippen LogP contribution in [0.3, 0.4) is 0 Å². The zero-order valence-electron chi connectivity index (χ0n) is 18.8. The molecule has 0 heterocycles. The SMILES string of the molecule is C/C=C\CCCC(=O)NCCO.CC.CCCCCC/C=C/[C@@H]1CCCC1=O. The number of rotatable bonds is 12. The van der Waals surface area contributed by atoms with E-state index >= 15 is 0 Å². The molecule has 4 nitrogen and oxygen atoms in total. The highest BCUT2D eigenvalue weighted by Gasteiger charge is 2.20. The Hall–Kier alpha value is -1.42. The molecule has 0 aromatic carbocycles. The summed E-state index contributed by atoms with van der Waals surface area (Å²) in [6.07, 6.45) is 20.2. The minimum Gasteiger partial charge on any atom is -0.395 e. The molecule has 164 valence electrons. The Labute approximate surface area is 173 Å². The van der Waals surface area contributed by atoms with Gasteiger partial charge in [0, 0.05) is 25.3 Å². The third-order valence-corrected chi connectivity index (χ3v) is 4.39. The zero-order chi connectivity index (χ0) is 21.5. The first-order valence-electron chi connectivity index (χ1n) is 11.3. The summed E-state index contributed by atoms with van der Waals surface area (Å²) in [6.45, 7) is 8.57. The predicted octanol–water partition coefficient (Wildman–Crippen LogP) is 5.75. The number of hydrogen-bond donors (Lipinski definition) is 2. The van der Waals surface area contributed by atoms with Gasteiger partial charge in [0.05, 0.1) is 6.61 Å². The van der Waals surface area contributed by atoms with E-state index in [0.29, 0.717) is 18.7 Å². The van der Waals surface area contributed by atoms with Gasteiger partial charge in [-0.15, -0.1) is 0 Å². The van der Waals surface area contributed by atoms with Gasteiger partial charge in [-0.3, -0.25) is 9.59 Å². The maximum absolute atomic E-state index is 11.3. The Morgan fingerprint density at radius 3 is 2.43 bits per heavy atom. The van der Waals surface area contributed by atoms with E-state index in [9.17, 15) is 9.59 Å². The Morgan fingerprint density at radius 1 is 1.14 bits per heavy atom. The Bertz CT molecular complexity index is 416. The number of ketones is 1. The van der Waals surface area contributed by atoms with Gasteiger partial charge in [0.25, 0.3) is 0 Å². The molecule has 0 aromatic heterocycles. The van der Waals surface area contributed by atoms with Gasteiger partial charge in [-0.1, -0.05) is 64.3 Å². The largest absolute Gasteiger partial charge is 0.395 e. The maximum Gasteiger partial charge on any atom is 0.220 e. The summed E-state index contributed by atoms with van der Waals surface area (Å²) in [5, 5.41) is 11.0. The van der Waals surface area contributed by atoms with Crippen molar-refractivity contribution in [3.63, 3.8) is 0 Å². The summed E-state index contributed by atoms with van der Waals surface area (Å²) < 4.78 is 0. The highest BCUT2D eigenvalue weighted by molar-refractivity contribution is 5.84. The highest BCUT2D eigenvalue weighted by atomic mass is 16.3. The minimum absolute atomic E-state index is 0.0145. The minimum atomic E-state index is 0.0145. The molecule has 28 heavy (non-hydrogen) atoms. The third kappa shape index (κ3) is 19.3. The maximum atomic E-state index is 11.3. The van der Waals surface area contributed by atoms with Crippen LogP contribution in [0.5, 0.6) is 0 Å². The van der Waals surface area contributed by atoms with Gasteiger partial charge < -0.3 is 10.4 Å². The van der Waals surface area contributed by atoms with Crippen LogP contribution in [0.25, 0.3) is 0 Å². The fourth-order valence-corrected chi connectivity index (χ4v) is 2.83. The second kappa shape index (κ2) is 23.6. The summed E-state index contributed by atoms with van der Waals surface area (Å²) in [7, 11) is 0. The lowest BCUT2D eigenvalue weighted by molar-refractivity contribution is -0.121. The number of unbranched alkanes of at least 4 members (excludes halogenated alkanes) is 5. The van der Waals surface area contributed by atoms with E-state index in [1.54, 1.807) is 0 Å². The molecule has 0 saturated heterocycles. The lowest BCUT2D eigenvalue weighted by Crippen LogP contribution is -2.25. The second-order valence-corrected chi connectivity index (χ2v) is 6.78. The van der Waals surface area contributed by atoms with Crippen LogP contribution in [-0.4, -0.2) is 29.9 Å². The van der Waals surface area contributed by atoms with Crippen LogP contribution in [0, 0.1) is 5.92 Å². The van der Waals surface area contributed by atoms with Crippen molar-refractivity contribution >= 4 is 11.7 Å². The lowest BCUT2D eigenvalue weighted by atomic mass is 10.1. The summed E-state index contributed by atoms with van der Waals surface area (Å²) >= 11 is 0. The van der Waals surface area contributed by atoms with Gasteiger partial charge in [0.1, 0.15) is 5.78 Å². The number of carbonyl (C=O) groups is 2. The first-order chi connectivity index (χ1) is 13.7. The van der Waals surface area contributed by atoms with Crippen LogP contribution in [-0.2, 0) is 9.59 Å². The standard InChI is InChI=1S/C13H22O.C9H17NO2.C2H6/c1-2-3-4-5-6-7-9-12-10-8-11-13(12)14;1-2-3-4-5-6-9(12)10-7-8-11;1-2/h7,9,12H,2-6,8,10-11H2,1H3;2-3,11H,4-8H2,1H3,(H,10,12);1-2H3/b9-7+;3-2-;/t12-;;/m1../s1. The molecule has 2 N–H and O–H groups in total. The average molecular weight is 396 g/mol.